The molecule has 0 bridgehead atoms. The maximum atomic E-state index is 8.92. The zero-order valence-electron chi connectivity index (χ0n) is 35.0. The summed E-state index contributed by atoms with van der Waals surface area (Å²) in [5, 5.41) is 1.32. The minimum absolute atomic E-state index is 0.0894. The number of rotatable bonds is 5. The van der Waals surface area contributed by atoms with Crippen LogP contribution in [0.1, 0.15) is 16.4 Å². The van der Waals surface area contributed by atoms with Crippen LogP contribution in [0, 0.1) is 0 Å². The molecule has 0 radical (unpaired) electrons. The van der Waals surface area contributed by atoms with Gasteiger partial charge in [0.1, 0.15) is 0 Å². The lowest BCUT2D eigenvalue weighted by atomic mass is 9.97. The summed E-state index contributed by atoms with van der Waals surface area (Å²) in [6.07, 6.45) is 0. The monoisotopic (exact) mass is 573 g/mol. The van der Waals surface area contributed by atoms with Crippen LogP contribution in [0.3, 0.4) is 0 Å². The number of hydrogen-bond donors (Lipinski definition) is 0. The summed E-state index contributed by atoms with van der Waals surface area (Å²) in [5.41, 5.74) is 3.35. The number of nitrogens with zero attached hydrogens (tertiary/aromatic N) is 3. The van der Waals surface area contributed by atoms with Crippen LogP contribution in [0.25, 0.3) is 78.0 Å². The molecule has 0 fully saturated rings. The predicted octanol–water partition coefficient (Wildman–Crippen LogP) is 10.5. The highest BCUT2D eigenvalue weighted by Gasteiger charge is 2.15. The Kier molecular flexibility index (Phi) is 4.03. The molecule has 0 N–H and O–H groups in total. The summed E-state index contributed by atoms with van der Waals surface area (Å²) in [4.78, 5) is 14.2. The fourth-order valence-corrected chi connectivity index (χ4v) is 5.13. The molecule has 0 atom stereocenters. The van der Waals surface area contributed by atoms with Crippen LogP contribution < -0.4 is 0 Å². The molecule has 3 nitrogen and oxygen atoms in total. The van der Waals surface area contributed by atoms with Crippen LogP contribution in [0.5, 0.6) is 0 Å². The predicted molar refractivity (Wildman–Crippen MR) is 182 cm³/mol. The molecule has 0 spiro atoms. The van der Waals surface area contributed by atoms with Crippen LogP contribution in [0.2, 0.25) is 0 Å². The minimum atomic E-state index is -0.555. The largest absolute Gasteiger partial charge is 0.208 e. The second kappa shape index (κ2) is 11.0. The Hall–Kier alpha value is -5.93. The summed E-state index contributed by atoms with van der Waals surface area (Å²) >= 11 is 0. The van der Waals surface area contributed by atoms with Gasteiger partial charge < -0.3 is 0 Å². The highest BCUT2D eigenvalue weighted by Crippen LogP contribution is 2.33. The Morgan fingerprint density at radius 1 is 0.364 bits per heavy atom. The molecule has 0 aliphatic heterocycles. The SMILES string of the molecule is [2H]c1c([2H])c([2H])c(-c2ccc3cc(-c4cccc(-c5nc(-c6ccccc6)nc(-c6c([2H])c([2H])c([2H])c7c([2H])c([2H])c([2H])c([2H])c67)n5)c4)ccc3c2)c([2H])c1[2H]. The van der Waals surface area contributed by atoms with Crippen LogP contribution in [-0.4, -0.2) is 15.0 Å². The lowest BCUT2D eigenvalue weighted by Gasteiger charge is -2.11. The highest BCUT2D eigenvalue weighted by atomic mass is 15.0. The number of aromatic nitrogens is 3. The third-order valence-electron chi connectivity index (χ3n) is 7.29. The Labute approximate surface area is 273 Å². The number of hydrogen-bond acceptors (Lipinski definition) is 3. The van der Waals surface area contributed by atoms with Crippen molar-refractivity contribution in [2.45, 2.75) is 0 Å². The van der Waals surface area contributed by atoms with Crippen molar-refractivity contribution < 1.29 is 16.4 Å². The van der Waals surface area contributed by atoms with E-state index in [0.717, 1.165) is 21.9 Å². The van der Waals surface area contributed by atoms with E-state index in [4.69, 9.17) is 26.4 Å². The van der Waals surface area contributed by atoms with Gasteiger partial charge in [-0.05, 0) is 62.0 Å². The lowest BCUT2D eigenvalue weighted by molar-refractivity contribution is 1.08. The molecular weight excluding hydrogens is 534 g/mol. The second-order valence-electron chi connectivity index (χ2n) is 10.0. The standard InChI is InChI=1S/C41H27N3/c1-3-11-28(12-4-1)32-21-22-35-26-33(23-24-34(35)25-32)31-17-9-18-36(27-31)40-42-39(30-14-5-2-6-15-30)43-41(44-40)38-20-10-16-29-13-7-8-19-37(29)38/h1-27H/i1D,3D,4D,7D,8D,10D,11D,12D,13D,16D,19D,20D. The van der Waals surface area contributed by atoms with Crippen molar-refractivity contribution in [2.24, 2.45) is 0 Å². The molecule has 44 heavy (non-hydrogen) atoms. The van der Waals surface area contributed by atoms with Gasteiger partial charge in [0.25, 0.3) is 0 Å². The van der Waals surface area contributed by atoms with E-state index in [1.807, 2.05) is 60.7 Å². The summed E-state index contributed by atoms with van der Waals surface area (Å²) < 4.78 is 101. The van der Waals surface area contributed by atoms with Crippen molar-refractivity contribution >= 4 is 21.5 Å². The quantitative estimate of drug-likeness (QED) is 0.206. The first kappa shape index (κ1) is 16.1. The molecule has 8 rings (SSSR count). The fourth-order valence-electron chi connectivity index (χ4n) is 5.13. The Balaban J connectivity index is 1.28. The van der Waals surface area contributed by atoms with Crippen LogP contribution in [0.4, 0.5) is 0 Å². The minimum Gasteiger partial charge on any atom is -0.208 e. The van der Waals surface area contributed by atoms with Crippen LogP contribution in [0.15, 0.2) is 164 Å². The van der Waals surface area contributed by atoms with Gasteiger partial charge >= 0.3 is 0 Å². The highest BCUT2D eigenvalue weighted by molar-refractivity contribution is 5.95. The van der Waals surface area contributed by atoms with Gasteiger partial charge in [-0.15, -0.1) is 0 Å². The average Bonchev–Trinajstić information content (AvgIpc) is 3.22. The number of benzene rings is 7. The lowest BCUT2D eigenvalue weighted by Crippen LogP contribution is -2.00. The molecule has 0 saturated carbocycles. The van der Waals surface area contributed by atoms with E-state index in [1.54, 1.807) is 30.3 Å². The van der Waals surface area contributed by atoms with Gasteiger partial charge in [0.2, 0.25) is 0 Å². The Bertz CT molecular complexity index is 2920. The molecule has 1 heterocycles. The van der Waals surface area contributed by atoms with Gasteiger partial charge in [0.05, 0.1) is 16.4 Å². The normalized spacial score (nSPS) is 15.0. The second-order valence-corrected chi connectivity index (χ2v) is 10.0. The van der Waals surface area contributed by atoms with Crippen molar-refractivity contribution in [3.8, 4) is 56.4 Å². The van der Waals surface area contributed by atoms with Crippen molar-refractivity contribution in [1.29, 1.82) is 0 Å². The first-order chi connectivity index (χ1) is 26.8. The molecule has 1 aromatic heterocycles. The molecule has 8 aromatic rings. The zero-order valence-corrected chi connectivity index (χ0v) is 23.0. The first-order valence-corrected chi connectivity index (χ1v) is 13.8. The van der Waals surface area contributed by atoms with Crippen molar-refractivity contribution in [1.82, 2.24) is 15.0 Å². The summed E-state index contributed by atoms with van der Waals surface area (Å²) in [5.74, 6) is 0.342. The summed E-state index contributed by atoms with van der Waals surface area (Å²) in [6, 6.07) is 22.3. The molecule has 7 aromatic carbocycles. The van der Waals surface area contributed by atoms with E-state index >= 15 is 0 Å². The summed E-state index contributed by atoms with van der Waals surface area (Å²) in [7, 11) is 0. The molecule has 0 aliphatic carbocycles. The third-order valence-corrected chi connectivity index (χ3v) is 7.29. The van der Waals surface area contributed by atoms with Gasteiger partial charge in [-0.1, -0.05) is 145 Å². The van der Waals surface area contributed by atoms with Crippen LogP contribution in [-0.2, 0) is 0 Å². The van der Waals surface area contributed by atoms with Crippen molar-refractivity contribution in [3.63, 3.8) is 0 Å². The van der Waals surface area contributed by atoms with Crippen molar-refractivity contribution in [2.75, 3.05) is 0 Å². The Morgan fingerprint density at radius 3 is 1.75 bits per heavy atom. The van der Waals surface area contributed by atoms with E-state index in [9.17, 15) is 0 Å². The van der Waals surface area contributed by atoms with Gasteiger partial charge in [-0.3, -0.25) is 0 Å². The van der Waals surface area contributed by atoms with Gasteiger partial charge in [-0.2, -0.15) is 0 Å². The topological polar surface area (TPSA) is 38.7 Å². The van der Waals surface area contributed by atoms with Gasteiger partial charge in [0.15, 0.2) is 17.5 Å². The van der Waals surface area contributed by atoms with Crippen molar-refractivity contribution in [3.05, 3.63) is 164 Å². The number of fused-ring (bicyclic) bond motifs is 2. The molecule has 0 amide bonds. The van der Waals surface area contributed by atoms with Gasteiger partial charge in [0, 0.05) is 16.7 Å². The molecular formula is C41H27N3. The average molecular weight is 574 g/mol. The molecule has 0 saturated heterocycles. The summed E-state index contributed by atoms with van der Waals surface area (Å²) in [6.45, 7) is 0. The smallest absolute Gasteiger partial charge is 0.164 e. The molecule has 206 valence electrons. The van der Waals surface area contributed by atoms with E-state index < -0.39 is 60.4 Å². The van der Waals surface area contributed by atoms with E-state index in [0.29, 0.717) is 16.7 Å². The van der Waals surface area contributed by atoms with Gasteiger partial charge in [-0.25, -0.2) is 15.0 Å². The van der Waals surface area contributed by atoms with E-state index in [2.05, 4.69) is 4.98 Å². The molecule has 0 unspecified atom stereocenters. The Morgan fingerprint density at radius 2 is 0.955 bits per heavy atom. The van der Waals surface area contributed by atoms with Crippen LogP contribution >= 0.6 is 0 Å². The van der Waals surface area contributed by atoms with E-state index in [1.165, 1.54) is 0 Å². The fraction of sp³-hybridized carbons (Fsp3) is 0. The molecule has 0 aliphatic rings. The molecule has 3 heteroatoms. The first-order valence-electron chi connectivity index (χ1n) is 19.8. The maximum Gasteiger partial charge on any atom is 0.164 e. The van der Waals surface area contributed by atoms with E-state index in [-0.39, 0.29) is 51.5 Å². The third kappa shape index (κ3) is 4.91. The maximum absolute atomic E-state index is 8.92. The zero-order chi connectivity index (χ0) is 39.7.